The molecule has 0 radical (unpaired) electrons. The molecule has 1 saturated heterocycles. The maximum Gasteiger partial charge on any atom is 0.232 e. The van der Waals surface area contributed by atoms with E-state index in [4.69, 9.17) is 5.11 Å². The first-order chi connectivity index (χ1) is 7.74. The van der Waals surface area contributed by atoms with Crippen LogP contribution in [0.4, 0.5) is 0 Å². The Balaban J connectivity index is 2.22. The summed E-state index contributed by atoms with van der Waals surface area (Å²) in [6.45, 7) is 4.16. The van der Waals surface area contributed by atoms with Gasteiger partial charge < -0.3 is 10.0 Å². The molecule has 1 fully saturated rings. The van der Waals surface area contributed by atoms with Gasteiger partial charge in [-0.2, -0.15) is 0 Å². The molecule has 1 aliphatic rings. The van der Waals surface area contributed by atoms with E-state index in [0.29, 0.717) is 11.0 Å². The zero-order valence-corrected chi connectivity index (χ0v) is 11.0. The Morgan fingerprint density at radius 2 is 1.94 bits per heavy atom. The van der Waals surface area contributed by atoms with Crippen LogP contribution in [-0.4, -0.2) is 46.6 Å². The van der Waals surface area contributed by atoms with Crippen molar-refractivity contribution >= 4 is 17.7 Å². The van der Waals surface area contributed by atoms with E-state index in [1.165, 1.54) is 12.8 Å². The van der Waals surface area contributed by atoms with E-state index in [1.54, 1.807) is 11.8 Å². The van der Waals surface area contributed by atoms with Crippen LogP contribution in [0.15, 0.2) is 0 Å². The monoisotopic (exact) mass is 245 g/mol. The number of nitrogens with zero attached hydrogens (tertiary/aromatic N) is 1. The summed E-state index contributed by atoms with van der Waals surface area (Å²) in [5, 5.41) is 9.15. The molecule has 1 unspecified atom stereocenters. The van der Waals surface area contributed by atoms with Gasteiger partial charge in [-0.15, -0.1) is 11.8 Å². The van der Waals surface area contributed by atoms with Gasteiger partial charge in [0.2, 0.25) is 5.91 Å². The molecular formula is C12H23NO2S. The summed E-state index contributed by atoms with van der Waals surface area (Å²) in [5.74, 6) is 0.845. The van der Waals surface area contributed by atoms with E-state index in [0.717, 1.165) is 32.4 Å². The zero-order chi connectivity index (χ0) is 11.8. The largest absolute Gasteiger partial charge is 0.396 e. The Kier molecular flexibility index (Phi) is 6.88. The van der Waals surface area contributed by atoms with Crippen LogP contribution in [0.1, 0.15) is 39.0 Å². The number of carbonyl (C=O) groups excluding carboxylic acids is 1. The number of rotatable bonds is 5. The van der Waals surface area contributed by atoms with Crippen molar-refractivity contribution in [2.24, 2.45) is 0 Å². The van der Waals surface area contributed by atoms with Crippen LogP contribution >= 0.6 is 11.8 Å². The fourth-order valence-corrected chi connectivity index (χ4v) is 2.77. The van der Waals surface area contributed by atoms with E-state index in [9.17, 15) is 4.79 Å². The van der Waals surface area contributed by atoms with Crippen molar-refractivity contribution in [3.8, 4) is 0 Å². The molecule has 1 rings (SSSR count). The summed E-state index contributed by atoms with van der Waals surface area (Å²) in [5.41, 5.74) is 0. The lowest BCUT2D eigenvalue weighted by molar-refractivity contribution is -0.128. The van der Waals surface area contributed by atoms with Crippen molar-refractivity contribution in [3.05, 3.63) is 0 Å². The molecule has 16 heavy (non-hydrogen) atoms. The Hall–Kier alpha value is -0.220. The van der Waals surface area contributed by atoms with Gasteiger partial charge in [0.15, 0.2) is 0 Å². The summed E-state index contributed by atoms with van der Waals surface area (Å²) in [4.78, 5) is 13.9. The van der Waals surface area contributed by atoms with Crippen molar-refractivity contribution in [1.29, 1.82) is 0 Å². The smallest absolute Gasteiger partial charge is 0.232 e. The van der Waals surface area contributed by atoms with Crippen LogP contribution in [0, 0.1) is 0 Å². The molecule has 0 aliphatic carbocycles. The molecule has 0 aromatic rings. The van der Waals surface area contributed by atoms with Gasteiger partial charge in [-0.25, -0.2) is 0 Å². The lowest BCUT2D eigenvalue weighted by Crippen LogP contribution is -2.33. The number of hydrogen-bond acceptors (Lipinski definition) is 3. The third kappa shape index (κ3) is 5.21. The molecule has 94 valence electrons. The van der Waals surface area contributed by atoms with Crippen molar-refractivity contribution in [2.75, 3.05) is 25.4 Å². The highest BCUT2D eigenvalue weighted by molar-refractivity contribution is 8.00. The van der Waals surface area contributed by atoms with E-state index in [1.807, 2.05) is 4.90 Å². The quantitative estimate of drug-likeness (QED) is 0.804. The van der Waals surface area contributed by atoms with Crippen LogP contribution in [0.3, 0.4) is 0 Å². The summed E-state index contributed by atoms with van der Waals surface area (Å²) in [6, 6.07) is 0. The van der Waals surface area contributed by atoms with Crippen LogP contribution in [0.25, 0.3) is 0 Å². The first-order valence-electron chi connectivity index (χ1n) is 6.24. The molecule has 3 nitrogen and oxygen atoms in total. The van der Waals surface area contributed by atoms with Gasteiger partial charge in [-0.05, 0) is 19.3 Å². The molecule has 1 heterocycles. The van der Waals surface area contributed by atoms with Crippen molar-refractivity contribution in [1.82, 2.24) is 4.90 Å². The fourth-order valence-electron chi connectivity index (χ4n) is 1.89. The lowest BCUT2D eigenvalue weighted by Gasteiger charge is -2.20. The second-order valence-electron chi connectivity index (χ2n) is 4.43. The average molecular weight is 245 g/mol. The van der Waals surface area contributed by atoms with Crippen LogP contribution in [-0.2, 0) is 4.79 Å². The summed E-state index contributed by atoms with van der Waals surface area (Å²) >= 11 is 1.66. The second-order valence-corrected chi connectivity index (χ2v) is 5.86. The molecule has 0 spiro atoms. The van der Waals surface area contributed by atoms with Gasteiger partial charge in [-0.3, -0.25) is 4.79 Å². The number of aliphatic hydroxyl groups excluding tert-OH is 1. The van der Waals surface area contributed by atoms with Crippen LogP contribution in [0.2, 0.25) is 0 Å². The van der Waals surface area contributed by atoms with Gasteiger partial charge in [0.05, 0.1) is 5.75 Å². The highest BCUT2D eigenvalue weighted by Gasteiger charge is 2.16. The molecule has 4 heteroatoms. The average Bonchev–Trinajstić information content (AvgIpc) is 2.55. The highest BCUT2D eigenvalue weighted by atomic mass is 32.2. The van der Waals surface area contributed by atoms with Crippen molar-refractivity contribution in [2.45, 2.75) is 44.3 Å². The minimum Gasteiger partial charge on any atom is -0.396 e. The minimum absolute atomic E-state index is 0.214. The minimum atomic E-state index is 0.214. The molecular weight excluding hydrogens is 222 g/mol. The number of hydrogen-bond donors (Lipinski definition) is 1. The predicted molar refractivity (Wildman–Crippen MR) is 68.7 cm³/mol. The maximum absolute atomic E-state index is 11.9. The SMILES string of the molecule is CC(CCO)SCC(=O)N1CCCCCC1. The van der Waals surface area contributed by atoms with E-state index in [-0.39, 0.29) is 12.5 Å². The van der Waals surface area contributed by atoms with E-state index in [2.05, 4.69) is 6.92 Å². The summed E-state index contributed by atoms with van der Waals surface area (Å²) in [7, 11) is 0. The molecule has 0 bridgehead atoms. The Morgan fingerprint density at radius 3 is 2.50 bits per heavy atom. The predicted octanol–water partition coefficient (Wildman–Crippen LogP) is 1.89. The standard InChI is InChI=1S/C12H23NO2S/c1-11(6-9-14)16-10-12(15)13-7-4-2-3-5-8-13/h11,14H,2-10H2,1H3. The van der Waals surface area contributed by atoms with Crippen molar-refractivity contribution < 1.29 is 9.90 Å². The number of amides is 1. The van der Waals surface area contributed by atoms with Crippen LogP contribution in [0.5, 0.6) is 0 Å². The van der Waals surface area contributed by atoms with Crippen LogP contribution < -0.4 is 0 Å². The number of likely N-dealkylation sites (tertiary alicyclic amines) is 1. The molecule has 1 aliphatic heterocycles. The van der Waals surface area contributed by atoms with Gasteiger partial charge in [-0.1, -0.05) is 19.8 Å². The van der Waals surface area contributed by atoms with E-state index < -0.39 is 0 Å². The lowest BCUT2D eigenvalue weighted by atomic mass is 10.2. The molecule has 0 aromatic carbocycles. The van der Waals surface area contributed by atoms with Crippen molar-refractivity contribution in [3.63, 3.8) is 0 Å². The topological polar surface area (TPSA) is 40.5 Å². The van der Waals surface area contributed by atoms with Gasteiger partial charge in [0, 0.05) is 24.9 Å². The molecule has 1 amide bonds. The fraction of sp³-hybridized carbons (Fsp3) is 0.917. The van der Waals surface area contributed by atoms with E-state index >= 15 is 0 Å². The number of carbonyl (C=O) groups is 1. The van der Waals surface area contributed by atoms with Gasteiger partial charge >= 0.3 is 0 Å². The molecule has 0 aromatic heterocycles. The molecule has 1 atom stereocenters. The first-order valence-corrected chi connectivity index (χ1v) is 7.29. The Labute approximate surface area is 103 Å². The summed E-state index contributed by atoms with van der Waals surface area (Å²) in [6.07, 6.45) is 5.61. The van der Waals surface area contributed by atoms with Gasteiger partial charge in [0.1, 0.15) is 0 Å². The first kappa shape index (κ1) is 13.8. The normalized spacial score (nSPS) is 19.2. The third-order valence-corrected chi connectivity index (χ3v) is 4.20. The van der Waals surface area contributed by atoms with Gasteiger partial charge in [0.25, 0.3) is 0 Å². The molecule has 0 saturated carbocycles. The Bertz CT molecular complexity index is 203. The third-order valence-electron chi connectivity index (χ3n) is 2.99. The number of aliphatic hydroxyl groups is 1. The molecule has 1 N–H and O–H groups in total. The Morgan fingerprint density at radius 1 is 1.31 bits per heavy atom. The highest BCUT2D eigenvalue weighted by Crippen LogP contribution is 2.16. The second kappa shape index (κ2) is 7.96. The maximum atomic E-state index is 11.9. The number of thioether (sulfide) groups is 1. The summed E-state index contributed by atoms with van der Waals surface area (Å²) < 4.78 is 0. The zero-order valence-electron chi connectivity index (χ0n) is 10.2.